The van der Waals surface area contributed by atoms with Crippen LogP contribution in [0.15, 0.2) is 144 Å². The van der Waals surface area contributed by atoms with E-state index >= 15 is 0 Å². The number of thiol groups is 1. The maximum Gasteiger partial charge on any atom is 0.00463 e. The van der Waals surface area contributed by atoms with Gasteiger partial charge in [-0.15, -0.1) is 12.6 Å². The third-order valence-corrected chi connectivity index (χ3v) is 8.33. The zero-order valence-corrected chi connectivity index (χ0v) is 22.1. The van der Waals surface area contributed by atoms with E-state index in [4.69, 9.17) is 0 Å². The third kappa shape index (κ3) is 3.70. The highest BCUT2D eigenvalue weighted by molar-refractivity contribution is 7.80. The molecule has 0 radical (unpaired) electrons. The summed E-state index contributed by atoms with van der Waals surface area (Å²) in [4.78, 5) is 0.989. The molecule has 0 spiro atoms. The fourth-order valence-electron chi connectivity index (χ4n) is 6.12. The van der Waals surface area contributed by atoms with Gasteiger partial charge in [-0.25, -0.2) is 0 Å². The Hall–Kier alpha value is -4.59. The summed E-state index contributed by atoms with van der Waals surface area (Å²) < 4.78 is 0. The standard InChI is InChI=1S/C38H24S/c39-33-18-17-28-19-26(13-14-29(28)22-33)27-12-9-24-10-15-30(21-32(24)20-27)37-23-31-16-11-25-5-1-2-6-34(25)38(31)36-8-4-3-7-35(36)37/h1-23,39H. The van der Waals surface area contributed by atoms with Crippen molar-refractivity contribution >= 4 is 66.5 Å². The van der Waals surface area contributed by atoms with E-state index in [1.54, 1.807) is 0 Å². The average molecular weight is 513 g/mol. The molecule has 0 bridgehead atoms. The van der Waals surface area contributed by atoms with Crippen molar-refractivity contribution in [3.8, 4) is 22.3 Å². The smallest absolute Gasteiger partial charge is 0.00463 e. The molecule has 0 heterocycles. The molecule has 0 saturated heterocycles. The van der Waals surface area contributed by atoms with Crippen molar-refractivity contribution in [1.29, 1.82) is 0 Å². The van der Waals surface area contributed by atoms with Gasteiger partial charge in [-0.2, -0.15) is 0 Å². The van der Waals surface area contributed by atoms with Crippen LogP contribution in [0, 0.1) is 0 Å². The van der Waals surface area contributed by atoms with Crippen LogP contribution in [0.5, 0.6) is 0 Å². The number of rotatable bonds is 2. The zero-order chi connectivity index (χ0) is 25.9. The lowest BCUT2D eigenvalue weighted by Crippen LogP contribution is -1.87. The van der Waals surface area contributed by atoms with E-state index in [9.17, 15) is 0 Å². The lowest BCUT2D eigenvalue weighted by Gasteiger charge is -2.14. The lowest BCUT2D eigenvalue weighted by molar-refractivity contribution is 1.52. The minimum absolute atomic E-state index is 0.989. The minimum Gasteiger partial charge on any atom is -0.143 e. The molecular weight excluding hydrogens is 488 g/mol. The molecule has 0 aliphatic rings. The Bertz CT molecular complexity index is 2240. The van der Waals surface area contributed by atoms with Gasteiger partial charge in [0.1, 0.15) is 0 Å². The van der Waals surface area contributed by atoms with Gasteiger partial charge in [-0.05, 0) is 113 Å². The maximum absolute atomic E-state index is 4.49. The van der Waals surface area contributed by atoms with E-state index in [1.165, 1.54) is 76.1 Å². The molecule has 8 aromatic rings. The van der Waals surface area contributed by atoms with Crippen molar-refractivity contribution in [2.24, 2.45) is 0 Å². The molecule has 0 aliphatic heterocycles. The van der Waals surface area contributed by atoms with E-state index in [0.29, 0.717) is 0 Å². The Morgan fingerprint density at radius 1 is 0.333 bits per heavy atom. The fourth-order valence-corrected chi connectivity index (χ4v) is 6.34. The van der Waals surface area contributed by atoms with Crippen molar-refractivity contribution in [3.63, 3.8) is 0 Å². The number of hydrogen-bond acceptors (Lipinski definition) is 1. The summed E-state index contributed by atoms with van der Waals surface area (Å²) in [6.45, 7) is 0. The van der Waals surface area contributed by atoms with Crippen LogP contribution in [-0.2, 0) is 0 Å². The van der Waals surface area contributed by atoms with Crippen LogP contribution in [0.25, 0.3) is 76.1 Å². The maximum atomic E-state index is 4.49. The molecule has 0 aromatic heterocycles. The Morgan fingerprint density at radius 2 is 0.897 bits per heavy atom. The normalized spacial score (nSPS) is 11.7. The Morgan fingerprint density at radius 3 is 1.74 bits per heavy atom. The number of fused-ring (bicyclic) bond motifs is 7. The van der Waals surface area contributed by atoms with Gasteiger partial charge in [0.2, 0.25) is 0 Å². The van der Waals surface area contributed by atoms with Crippen molar-refractivity contribution < 1.29 is 0 Å². The molecule has 0 fully saturated rings. The second-order valence-corrected chi connectivity index (χ2v) is 10.9. The molecule has 8 aromatic carbocycles. The molecule has 0 amide bonds. The second-order valence-electron chi connectivity index (χ2n) is 10.4. The summed E-state index contributed by atoms with van der Waals surface area (Å²) in [5.74, 6) is 0. The van der Waals surface area contributed by atoms with Crippen LogP contribution in [0.1, 0.15) is 0 Å². The molecule has 39 heavy (non-hydrogen) atoms. The first-order chi connectivity index (χ1) is 19.2. The monoisotopic (exact) mass is 512 g/mol. The highest BCUT2D eigenvalue weighted by Gasteiger charge is 2.12. The van der Waals surface area contributed by atoms with Gasteiger partial charge in [0.15, 0.2) is 0 Å². The first-order valence-electron chi connectivity index (χ1n) is 13.3. The predicted molar refractivity (Wildman–Crippen MR) is 172 cm³/mol. The van der Waals surface area contributed by atoms with Crippen LogP contribution in [0.2, 0.25) is 0 Å². The highest BCUT2D eigenvalue weighted by atomic mass is 32.1. The molecule has 0 nitrogen and oxygen atoms in total. The highest BCUT2D eigenvalue weighted by Crippen LogP contribution is 2.39. The molecule has 0 aliphatic carbocycles. The van der Waals surface area contributed by atoms with E-state index in [-0.39, 0.29) is 0 Å². The molecule has 182 valence electrons. The van der Waals surface area contributed by atoms with Crippen LogP contribution in [0.3, 0.4) is 0 Å². The van der Waals surface area contributed by atoms with Crippen LogP contribution >= 0.6 is 12.6 Å². The molecular formula is C38H24S. The molecule has 1 heteroatoms. The topological polar surface area (TPSA) is 0 Å². The third-order valence-electron chi connectivity index (χ3n) is 8.06. The molecule has 0 saturated carbocycles. The summed E-state index contributed by atoms with van der Waals surface area (Å²) in [5, 5.41) is 12.7. The van der Waals surface area contributed by atoms with Crippen LogP contribution in [-0.4, -0.2) is 0 Å². The quantitative estimate of drug-likeness (QED) is 0.173. The van der Waals surface area contributed by atoms with Gasteiger partial charge >= 0.3 is 0 Å². The van der Waals surface area contributed by atoms with Gasteiger partial charge in [0.25, 0.3) is 0 Å². The average Bonchev–Trinajstić information content (AvgIpc) is 2.99. The first kappa shape index (κ1) is 22.4. The Labute approximate surface area is 232 Å². The summed E-state index contributed by atoms with van der Waals surface area (Å²) >= 11 is 4.49. The van der Waals surface area contributed by atoms with Gasteiger partial charge in [0.05, 0.1) is 0 Å². The lowest BCUT2D eigenvalue weighted by atomic mass is 9.90. The SMILES string of the molecule is Sc1ccc2cc(-c3ccc4ccc(-c5cc6ccc7ccccc7c6c6ccccc56)cc4c3)ccc2c1. The van der Waals surface area contributed by atoms with Crippen LogP contribution in [0.4, 0.5) is 0 Å². The molecule has 8 rings (SSSR count). The van der Waals surface area contributed by atoms with Crippen molar-refractivity contribution in [1.82, 2.24) is 0 Å². The van der Waals surface area contributed by atoms with Gasteiger partial charge in [-0.1, -0.05) is 103 Å². The summed E-state index contributed by atoms with van der Waals surface area (Å²) in [6, 6.07) is 51.0. The number of benzene rings is 8. The molecule has 0 N–H and O–H groups in total. The zero-order valence-electron chi connectivity index (χ0n) is 21.2. The Balaban J connectivity index is 1.32. The van der Waals surface area contributed by atoms with Gasteiger partial charge in [0, 0.05) is 4.90 Å². The van der Waals surface area contributed by atoms with E-state index in [2.05, 4.69) is 152 Å². The molecule has 0 unspecified atom stereocenters. The van der Waals surface area contributed by atoms with E-state index in [0.717, 1.165) is 4.90 Å². The second kappa shape index (κ2) is 8.73. The van der Waals surface area contributed by atoms with Gasteiger partial charge in [-0.3, -0.25) is 0 Å². The Kier molecular flexibility index (Phi) is 5.01. The van der Waals surface area contributed by atoms with Gasteiger partial charge < -0.3 is 0 Å². The van der Waals surface area contributed by atoms with E-state index < -0.39 is 0 Å². The van der Waals surface area contributed by atoms with E-state index in [1.807, 2.05) is 0 Å². The summed E-state index contributed by atoms with van der Waals surface area (Å²) in [5.41, 5.74) is 4.97. The fraction of sp³-hybridized carbons (Fsp3) is 0. The number of hydrogen-bond donors (Lipinski definition) is 1. The van der Waals surface area contributed by atoms with Crippen molar-refractivity contribution in [2.75, 3.05) is 0 Å². The minimum atomic E-state index is 0.989. The van der Waals surface area contributed by atoms with Crippen LogP contribution < -0.4 is 0 Å². The first-order valence-corrected chi connectivity index (χ1v) is 13.8. The van der Waals surface area contributed by atoms with Crippen molar-refractivity contribution in [3.05, 3.63) is 140 Å². The molecule has 0 atom stereocenters. The largest absolute Gasteiger partial charge is 0.143 e. The van der Waals surface area contributed by atoms with Crippen molar-refractivity contribution in [2.45, 2.75) is 4.90 Å². The summed E-state index contributed by atoms with van der Waals surface area (Å²) in [6.07, 6.45) is 0. The summed E-state index contributed by atoms with van der Waals surface area (Å²) in [7, 11) is 0. The predicted octanol–water partition coefficient (Wildman–Crippen LogP) is 11.1.